The smallest absolute Gasteiger partial charge is 0.340 e. The molecule has 0 bridgehead atoms. The Kier molecular flexibility index (Phi) is 6.75. The minimum Gasteiger partial charge on any atom is -0.494 e. The fraction of sp³-hybridized carbons (Fsp3) is 0.375. The largest absolute Gasteiger partial charge is 0.494 e. The molecule has 28 heavy (non-hydrogen) atoms. The number of unbranched alkanes of at least 4 members (excludes halogenated alkanes) is 1. The Morgan fingerprint density at radius 3 is 2.57 bits per heavy atom. The number of carbonyl (C=O) groups is 1. The lowest BCUT2D eigenvalue weighted by Crippen LogP contribution is -2.08. The van der Waals surface area contributed by atoms with Crippen molar-refractivity contribution >= 4 is 16.9 Å². The molecule has 0 amide bonds. The first-order valence-corrected chi connectivity index (χ1v) is 10.1. The summed E-state index contributed by atoms with van der Waals surface area (Å²) in [6, 6.07) is 16.4. The topological polar surface area (TPSA) is 40.5 Å². The maximum atomic E-state index is 12.7. The van der Waals surface area contributed by atoms with E-state index >= 15 is 0 Å². The normalized spacial score (nSPS) is 11.0. The van der Waals surface area contributed by atoms with E-state index in [1.807, 2.05) is 32.0 Å². The van der Waals surface area contributed by atoms with Gasteiger partial charge in [0.05, 0.1) is 18.8 Å². The molecule has 0 radical (unpaired) electrons. The van der Waals surface area contributed by atoms with E-state index in [4.69, 9.17) is 9.47 Å². The maximum absolute atomic E-state index is 12.7. The quantitative estimate of drug-likeness (QED) is 0.362. The van der Waals surface area contributed by atoms with Crippen LogP contribution in [0, 0.1) is 6.92 Å². The third kappa shape index (κ3) is 4.38. The Balaban J connectivity index is 1.97. The zero-order valence-electron chi connectivity index (χ0n) is 17.0. The predicted octanol–water partition coefficient (Wildman–Crippen LogP) is 5.55. The van der Waals surface area contributed by atoms with Gasteiger partial charge < -0.3 is 14.0 Å². The molecule has 148 valence electrons. The van der Waals surface area contributed by atoms with Crippen LogP contribution in [0.25, 0.3) is 10.9 Å². The molecule has 0 aliphatic carbocycles. The number of ether oxygens (including phenoxy) is 2. The highest BCUT2D eigenvalue weighted by Gasteiger charge is 2.21. The van der Waals surface area contributed by atoms with E-state index in [1.165, 1.54) is 5.56 Å². The molecular weight excluding hydrogens is 350 g/mol. The molecule has 0 aliphatic rings. The van der Waals surface area contributed by atoms with Crippen molar-refractivity contribution in [1.29, 1.82) is 0 Å². The molecule has 0 saturated heterocycles. The highest BCUT2D eigenvalue weighted by atomic mass is 16.5. The van der Waals surface area contributed by atoms with Crippen LogP contribution in [0.2, 0.25) is 0 Å². The van der Waals surface area contributed by atoms with Gasteiger partial charge in [0, 0.05) is 23.1 Å². The summed E-state index contributed by atoms with van der Waals surface area (Å²) in [5, 5.41) is 0.901. The monoisotopic (exact) mass is 379 g/mol. The summed E-state index contributed by atoms with van der Waals surface area (Å²) < 4.78 is 13.4. The summed E-state index contributed by atoms with van der Waals surface area (Å²) in [7, 11) is 0. The first kappa shape index (κ1) is 20.0. The van der Waals surface area contributed by atoms with E-state index in [-0.39, 0.29) is 5.97 Å². The number of aryl methyl sites for hydroxylation is 2. The number of fused-ring (bicyclic) bond motifs is 1. The van der Waals surface area contributed by atoms with Crippen LogP contribution in [0.15, 0.2) is 48.5 Å². The van der Waals surface area contributed by atoms with Gasteiger partial charge in [0.15, 0.2) is 0 Å². The summed E-state index contributed by atoms with van der Waals surface area (Å²) in [5.74, 6) is 0.529. The lowest BCUT2D eigenvalue weighted by atomic mass is 10.1. The number of hydrogen-bond acceptors (Lipinski definition) is 3. The van der Waals surface area contributed by atoms with Gasteiger partial charge in [-0.05, 0) is 50.5 Å². The van der Waals surface area contributed by atoms with Crippen molar-refractivity contribution < 1.29 is 14.3 Å². The molecule has 4 nitrogen and oxygen atoms in total. The molecule has 0 unspecified atom stereocenters. The lowest BCUT2D eigenvalue weighted by Gasteiger charge is -2.09. The molecule has 0 aliphatic heterocycles. The minimum atomic E-state index is -0.269. The van der Waals surface area contributed by atoms with Gasteiger partial charge in [-0.2, -0.15) is 0 Å². The van der Waals surface area contributed by atoms with Crippen LogP contribution in [0.1, 0.15) is 48.3 Å². The van der Waals surface area contributed by atoms with Crippen LogP contribution < -0.4 is 4.74 Å². The molecule has 0 atom stereocenters. The number of benzene rings is 2. The second-order valence-electron chi connectivity index (χ2n) is 6.95. The van der Waals surface area contributed by atoms with Gasteiger partial charge in [0.1, 0.15) is 5.75 Å². The fourth-order valence-electron chi connectivity index (χ4n) is 3.52. The van der Waals surface area contributed by atoms with Gasteiger partial charge >= 0.3 is 5.97 Å². The SMILES string of the molecule is CCCCOc1ccc2c(c1)c(C(=O)OCC)c(C)n2CCc1ccccc1. The summed E-state index contributed by atoms with van der Waals surface area (Å²) in [6.45, 7) is 7.82. The number of esters is 1. The second kappa shape index (κ2) is 9.45. The highest BCUT2D eigenvalue weighted by molar-refractivity contribution is 6.06. The van der Waals surface area contributed by atoms with Crippen molar-refractivity contribution in [3.63, 3.8) is 0 Å². The van der Waals surface area contributed by atoms with Crippen molar-refractivity contribution in [1.82, 2.24) is 4.57 Å². The second-order valence-corrected chi connectivity index (χ2v) is 6.95. The lowest BCUT2D eigenvalue weighted by molar-refractivity contribution is 0.0527. The zero-order chi connectivity index (χ0) is 19.9. The first-order valence-electron chi connectivity index (χ1n) is 10.1. The number of hydrogen-bond donors (Lipinski definition) is 0. The van der Waals surface area contributed by atoms with E-state index in [0.29, 0.717) is 18.8 Å². The van der Waals surface area contributed by atoms with E-state index < -0.39 is 0 Å². The Morgan fingerprint density at radius 2 is 1.86 bits per heavy atom. The van der Waals surface area contributed by atoms with Crippen LogP contribution in [0.5, 0.6) is 5.75 Å². The highest BCUT2D eigenvalue weighted by Crippen LogP contribution is 2.30. The fourth-order valence-corrected chi connectivity index (χ4v) is 3.52. The Bertz CT molecular complexity index is 928. The van der Waals surface area contributed by atoms with Gasteiger partial charge in [-0.3, -0.25) is 0 Å². The summed E-state index contributed by atoms with van der Waals surface area (Å²) in [6.07, 6.45) is 3.01. The van der Waals surface area contributed by atoms with Gasteiger partial charge in [-0.15, -0.1) is 0 Å². The van der Waals surface area contributed by atoms with Crippen molar-refractivity contribution in [2.75, 3.05) is 13.2 Å². The van der Waals surface area contributed by atoms with Crippen molar-refractivity contribution in [3.8, 4) is 5.75 Å². The number of rotatable bonds is 9. The van der Waals surface area contributed by atoms with Gasteiger partial charge in [-0.25, -0.2) is 4.79 Å². The molecule has 1 aromatic heterocycles. The van der Waals surface area contributed by atoms with E-state index in [0.717, 1.165) is 48.2 Å². The molecule has 0 saturated carbocycles. The maximum Gasteiger partial charge on any atom is 0.340 e. The first-order chi connectivity index (χ1) is 13.7. The van der Waals surface area contributed by atoms with Gasteiger partial charge in [0.2, 0.25) is 0 Å². The van der Waals surface area contributed by atoms with Crippen LogP contribution in [-0.2, 0) is 17.7 Å². The van der Waals surface area contributed by atoms with Crippen LogP contribution >= 0.6 is 0 Å². The number of nitrogens with zero attached hydrogens (tertiary/aromatic N) is 1. The predicted molar refractivity (Wildman–Crippen MR) is 113 cm³/mol. The summed E-state index contributed by atoms with van der Waals surface area (Å²) in [4.78, 5) is 12.7. The molecule has 3 rings (SSSR count). The third-order valence-corrected chi connectivity index (χ3v) is 5.01. The molecule has 0 N–H and O–H groups in total. The van der Waals surface area contributed by atoms with Crippen molar-refractivity contribution in [2.24, 2.45) is 0 Å². The summed E-state index contributed by atoms with van der Waals surface area (Å²) in [5.41, 5.74) is 3.90. The average molecular weight is 380 g/mol. The molecule has 1 heterocycles. The van der Waals surface area contributed by atoms with E-state index in [9.17, 15) is 4.79 Å². The number of aromatic nitrogens is 1. The standard InChI is InChI=1S/C24H29NO3/c1-4-6-16-28-20-12-13-22-21(17-20)23(24(26)27-5-2)18(3)25(22)15-14-19-10-8-7-9-11-19/h7-13,17H,4-6,14-16H2,1-3H3. The average Bonchev–Trinajstić information content (AvgIpc) is 2.98. The molecule has 0 spiro atoms. The van der Waals surface area contributed by atoms with E-state index in [2.05, 4.69) is 41.8 Å². The molecule has 2 aromatic carbocycles. The molecule has 4 heteroatoms. The van der Waals surface area contributed by atoms with Gasteiger partial charge in [-0.1, -0.05) is 43.7 Å². The van der Waals surface area contributed by atoms with Crippen LogP contribution in [0.4, 0.5) is 0 Å². The zero-order valence-corrected chi connectivity index (χ0v) is 17.0. The van der Waals surface area contributed by atoms with Crippen molar-refractivity contribution in [2.45, 2.75) is 46.6 Å². The van der Waals surface area contributed by atoms with Gasteiger partial charge in [0.25, 0.3) is 0 Å². The van der Waals surface area contributed by atoms with E-state index in [1.54, 1.807) is 0 Å². The Morgan fingerprint density at radius 1 is 1.07 bits per heavy atom. The van der Waals surface area contributed by atoms with Crippen molar-refractivity contribution in [3.05, 3.63) is 65.4 Å². The minimum absolute atomic E-state index is 0.269. The van der Waals surface area contributed by atoms with Crippen LogP contribution in [-0.4, -0.2) is 23.8 Å². The third-order valence-electron chi connectivity index (χ3n) is 5.01. The Labute approximate surface area is 167 Å². The molecule has 3 aromatic rings. The molecule has 0 fully saturated rings. The van der Waals surface area contributed by atoms with Crippen LogP contribution in [0.3, 0.4) is 0 Å². The summed E-state index contributed by atoms with van der Waals surface area (Å²) >= 11 is 0. The molecular formula is C24H29NO3. The number of carbonyl (C=O) groups excluding carboxylic acids is 1. The Hall–Kier alpha value is -2.75.